The van der Waals surface area contributed by atoms with E-state index in [4.69, 9.17) is 20.8 Å². The number of carbonyl (C=O) groups excluding carboxylic acids is 1. The van der Waals surface area contributed by atoms with Crippen molar-refractivity contribution >= 4 is 23.2 Å². The minimum atomic E-state index is -0.137. The number of para-hydroxylation sites is 1. The van der Waals surface area contributed by atoms with Crippen LogP contribution < -0.4 is 4.90 Å². The number of furan rings is 1. The lowest BCUT2D eigenvalue weighted by molar-refractivity contribution is 0.0376. The van der Waals surface area contributed by atoms with Crippen LogP contribution in [0.1, 0.15) is 16.8 Å². The first kappa shape index (κ1) is 17.0. The summed E-state index contributed by atoms with van der Waals surface area (Å²) in [5, 5.41) is 0.133. The zero-order chi connectivity index (χ0) is 16.8. The molecule has 2 heterocycles. The summed E-state index contributed by atoms with van der Waals surface area (Å²) >= 11 is 5.99. The fraction of sp³-hybridized carbons (Fsp3) is 0.389. The van der Waals surface area contributed by atoms with Crippen molar-refractivity contribution in [3.63, 3.8) is 0 Å². The van der Waals surface area contributed by atoms with Crippen LogP contribution in [-0.2, 0) is 4.74 Å². The van der Waals surface area contributed by atoms with E-state index in [1.54, 1.807) is 11.0 Å². The Balaban J connectivity index is 1.68. The predicted molar refractivity (Wildman–Crippen MR) is 93.7 cm³/mol. The van der Waals surface area contributed by atoms with Gasteiger partial charge in [0.15, 0.2) is 0 Å². The molecular weight excluding hydrogens is 328 g/mol. The average molecular weight is 349 g/mol. The summed E-state index contributed by atoms with van der Waals surface area (Å²) in [6.07, 6.45) is 2.32. The summed E-state index contributed by atoms with van der Waals surface area (Å²) < 4.78 is 10.4. The van der Waals surface area contributed by atoms with Crippen molar-refractivity contribution < 1.29 is 13.9 Å². The topological polar surface area (TPSA) is 45.9 Å². The van der Waals surface area contributed by atoms with Crippen LogP contribution in [0.15, 0.2) is 47.1 Å². The van der Waals surface area contributed by atoms with Gasteiger partial charge in [0, 0.05) is 31.9 Å². The average Bonchev–Trinajstić information content (AvgIpc) is 3.06. The molecule has 128 valence electrons. The lowest BCUT2D eigenvalue weighted by Gasteiger charge is -2.28. The monoisotopic (exact) mass is 348 g/mol. The maximum Gasteiger partial charge on any atom is 0.263 e. The van der Waals surface area contributed by atoms with Crippen LogP contribution in [0, 0.1) is 0 Å². The first-order valence-electron chi connectivity index (χ1n) is 8.16. The Labute approximate surface area is 146 Å². The number of halogens is 1. The highest BCUT2D eigenvalue weighted by Crippen LogP contribution is 2.23. The summed E-state index contributed by atoms with van der Waals surface area (Å²) in [4.78, 5) is 17.0. The summed E-state index contributed by atoms with van der Waals surface area (Å²) in [6, 6.07) is 11.3. The largest absolute Gasteiger partial charge is 0.452 e. The predicted octanol–water partition coefficient (Wildman–Crippen LogP) is 3.30. The fourth-order valence-electron chi connectivity index (χ4n) is 2.82. The number of ether oxygens (including phenoxy) is 1. The van der Waals surface area contributed by atoms with Crippen LogP contribution in [0.2, 0.25) is 5.22 Å². The van der Waals surface area contributed by atoms with Gasteiger partial charge >= 0.3 is 0 Å². The molecule has 0 radical (unpaired) electrons. The highest BCUT2D eigenvalue weighted by atomic mass is 35.5. The minimum Gasteiger partial charge on any atom is -0.452 e. The standard InChI is InChI=1S/C18H21ClN2O3/c19-17-16(7-12-24-17)18(22)21(15-5-2-1-3-6-15)9-4-8-20-10-13-23-14-11-20/h1-3,5-7,12H,4,8-11,13-14H2. The highest BCUT2D eigenvalue weighted by Gasteiger charge is 2.22. The van der Waals surface area contributed by atoms with Crippen molar-refractivity contribution in [1.29, 1.82) is 0 Å². The molecule has 1 aliphatic heterocycles. The molecule has 6 heteroatoms. The molecular formula is C18H21ClN2O3. The molecule has 1 saturated heterocycles. The molecule has 3 rings (SSSR count). The molecule has 24 heavy (non-hydrogen) atoms. The van der Waals surface area contributed by atoms with Crippen LogP contribution in [0.25, 0.3) is 0 Å². The quantitative estimate of drug-likeness (QED) is 0.803. The SMILES string of the molecule is O=C(c1ccoc1Cl)N(CCCN1CCOCC1)c1ccccc1. The van der Waals surface area contributed by atoms with Gasteiger partial charge in [-0.25, -0.2) is 0 Å². The van der Waals surface area contributed by atoms with E-state index in [9.17, 15) is 4.79 Å². The Hall–Kier alpha value is -1.82. The smallest absolute Gasteiger partial charge is 0.263 e. The van der Waals surface area contributed by atoms with E-state index < -0.39 is 0 Å². The van der Waals surface area contributed by atoms with E-state index in [1.165, 1.54) is 6.26 Å². The zero-order valence-electron chi connectivity index (χ0n) is 13.5. The molecule has 2 aromatic rings. The van der Waals surface area contributed by atoms with Gasteiger partial charge in [0.1, 0.15) is 0 Å². The normalized spacial score (nSPS) is 15.4. The van der Waals surface area contributed by atoms with Crippen molar-refractivity contribution in [2.75, 3.05) is 44.3 Å². The number of benzene rings is 1. The Morgan fingerprint density at radius 3 is 2.58 bits per heavy atom. The van der Waals surface area contributed by atoms with Crippen molar-refractivity contribution in [1.82, 2.24) is 4.90 Å². The molecule has 0 atom stereocenters. The molecule has 0 N–H and O–H groups in total. The van der Waals surface area contributed by atoms with E-state index in [2.05, 4.69) is 4.90 Å². The molecule has 0 unspecified atom stereocenters. The van der Waals surface area contributed by atoms with Crippen LogP contribution in [0.3, 0.4) is 0 Å². The Kier molecular flexibility index (Phi) is 5.91. The molecule has 0 bridgehead atoms. The summed E-state index contributed by atoms with van der Waals surface area (Å²) in [5.74, 6) is -0.137. The van der Waals surface area contributed by atoms with E-state index in [0.29, 0.717) is 12.1 Å². The van der Waals surface area contributed by atoms with Gasteiger partial charge in [-0.2, -0.15) is 0 Å². The number of anilines is 1. The lowest BCUT2D eigenvalue weighted by Crippen LogP contribution is -2.39. The van der Waals surface area contributed by atoms with Gasteiger partial charge in [-0.3, -0.25) is 9.69 Å². The third-order valence-corrected chi connectivity index (χ3v) is 4.41. The van der Waals surface area contributed by atoms with Crippen LogP contribution in [-0.4, -0.2) is 50.2 Å². The van der Waals surface area contributed by atoms with E-state index in [-0.39, 0.29) is 11.1 Å². The molecule has 1 aromatic heterocycles. The Morgan fingerprint density at radius 2 is 1.92 bits per heavy atom. The molecule has 0 aliphatic carbocycles. The van der Waals surface area contributed by atoms with Gasteiger partial charge in [-0.15, -0.1) is 0 Å². The molecule has 0 saturated carbocycles. The first-order valence-corrected chi connectivity index (χ1v) is 8.53. The number of rotatable bonds is 6. The van der Waals surface area contributed by atoms with Gasteiger partial charge in [0.2, 0.25) is 5.22 Å². The number of morpholine rings is 1. The van der Waals surface area contributed by atoms with Gasteiger partial charge in [0.25, 0.3) is 5.91 Å². The van der Waals surface area contributed by atoms with Gasteiger partial charge in [-0.1, -0.05) is 18.2 Å². The lowest BCUT2D eigenvalue weighted by atomic mass is 10.2. The van der Waals surface area contributed by atoms with Crippen LogP contribution >= 0.6 is 11.6 Å². The summed E-state index contributed by atoms with van der Waals surface area (Å²) in [5.41, 5.74) is 1.26. The van der Waals surface area contributed by atoms with Crippen molar-refractivity contribution in [2.45, 2.75) is 6.42 Å². The third-order valence-electron chi connectivity index (χ3n) is 4.12. The molecule has 0 spiro atoms. The van der Waals surface area contributed by atoms with Gasteiger partial charge in [-0.05, 0) is 36.2 Å². The van der Waals surface area contributed by atoms with Crippen molar-refractivity contribution in [3.05, 3.63) is 53.4 Å². The second-order valence-corrected chi connectivity index (χ2v) is 6.05. The van der Waals surface area contributed by atoms with E-state index >= 15 is 0 Å². The molecule has 1 aliphatic rings. The molecule has 5 nitrogen and oxygen atoms in total. The second-order valence-electron chi connectivity index (χ2n) is 5.71. The second kappa shape index (κ2) is 8.33. The van der Waals surface area contributed by atoms with Crippen molar-refractivity contribution in [3.8, 4) is 0 Å². The van der Waals surface area contributed by atoms with Crippen molar-refractivity contribution in [2.24, 2.45) is 0 Å². The number of hydrogen-bond donors (Lipinski definition) is 0. The minimum absolute atomic E-state index is 0.133. The summed E-state index contributed by atoms with van der Waals surface area (Å²) in [6.45, 7) is 5.04. The first-order chi connectivity index (χ1) is 11.8. The van der Waals surface area contributed by atoms with Gasteiger partial charge < -0.3 is 14.1 Å². The number of hydrogen-bond acceptors (Lipinski definition) is 4. The summed E-state index contributed by atoms with van der Waals surface area (Å²) in [7, 11) is 0. The van der Waals surface area contributed by atoms with E-state index in [1.807, 2.05) is 30.3 Å². The number of nitrogens with zero attached hydrogens (tertiary/aromatic N) is 2. The van der Waals surface area contributed by atoms with Crippen LogP contribution in [0.5, 0.6) is 0 Å². The molecule has 1 aromatic carbocycles. The zero-order valence-corrected chi connectivity index (χ0v) is 14.2. The molecule has 1 amide bonds. The van der Waals surface area contributed by atoms with E-state index in [0.717, 1.165) is 45.0 Å². The Morgan fingerprint density at radius 1 is 1.17 bits per heavy atom. The maximum atomic E-state index is 12.9. The van der Waals surface area contributed by atoms with Gasteiger partial charge in [0.05, 0.1) is 25.0 Å². The third kappa shape index (κ3) is 4.17. The molecule has 1 fully saturated rings. The fourth-order valence-corrected chi connectivity index (χ4v) is 3.02. The Bertz CT molecular complexity index is 653. The number of carbonyl (C=O) groups is 1. The maximum absolute atomic E-state index is 12.9. The highest BCUT2D eigenvalue weighted by molar-refractivity contribution is 6.32. The number of amides is 1. The van der Waals surface area contributed by atoms with Crippen LogP contribution in [0.4, 0.5) is 5.69 Å².